The number of amides is 2. The number of aromatic nitrogens is 1. The SMILES string of the molecule is Cc1cc(C(=O)Nc2ccccc2C(=O)Nc2ccccc2)on1. The molecule has 6 nitrogen and oxygen atoms in total. The van der Waals surface area contributed by atoms with Crippen LogP contribution in [0.15, 0.2) is 65.2 Å². The van der Waals surface area contributed by atoms with E-state index in [9.17, 15) is 9.59 Å². The van der Waals surface area contributed by atoms with E-state index in [1.807, 2.05) is 18.2 Å². The Balaban J connectivity index is 1.80. The Morgan fingerprint density at radius 3 is 2.33 bits per heavy atom. The van der Waals surface area contributed by atoms with E-state index in [1.54, 1.807) is 43.3 Å². The summed E-state index contributed by atoms with van der Waals surface area (Å²) in [6.07, 6.45) is 0. The number of para-hydroxylation sites is 2. The summed E-state index contributed by atoms with van der Waals surface area (Å²) in [7, 11) is 0. The van der Waals surface area contributed by atoms with Gasteiger partial charge in [-0.25, -0.2) is 0 Å². The lowest BCUT2D eigenvalue weighted by Gasteiger charge is -2.10. The average molecular weight is 321 g/mol. The van der Waals surface area contributed by atoms with Crippen molar-refractivity contribution in [3.05, 3.63) is 77.7 Å². The van der Waals surface area contributed by atoms with E-state index in [0.717, 1.165) is 0 Å². The Morgan fingerprint density at radius 1 is 0.917 bits per heavy atom. The largest absolute Gasteiger partial charge is 0.351 e. The zero-order chi connectivity index (χ0) is 16.9. The van der Waals surface area contributed by atoms with Crippen LogP contribution in [-0.2, 0) is 0 Å². The minimum Gasteiger partial charge on any atom is -0.351 e. The zero-order valence-corrected chi connectivity index (χ0v) is 12.9. The first-order valence-electron chi connectivity index (χ1n) is 7.33. The molecule has 3 aromatic rings. The summed E-state index contributed by atoms with van der Waals surface area (Å²) in [5.74, 6) is -0.688. The highest BCUT2D eigenvalue weighted by atomic mass is 16.5. The van der Waals surface area contributed by atoms with Crippen molar-refractivity contribution in [3.8, 4) is 0 Å². The molecular formula is C18H15N3O3. The van der Waals surface area contributed by atoms with E-state index in [4.69, 9.17) is 4.52 Å². The fourth-order valence-electron chi connectivity index (χ4n) is 2.16. The lowest BCUT2D eigenvalue weighted by molar-refractivity contribution is 0.0988. The molecule has 0 fully saturated rings. The number of nitrogens with zero attached hydrogens (tertiary/aromatic N) is 1. The van der Waals surface area contributed by atoms with Gasteiger partial charge in [-0.3, -0.25) is 9.59 Å². The smallest absolute Gasteiger partial charge is 0.294 e. The Hall–Kier alpha value is -3.41. The van der Waals surface area contributed by atoms with Gasteiger partial charge in [0.1, 0.15) is 0 Å². The second-order valence-corrected chi connectivity index (χ2v) is 5.15. The molecule has 6 heteroatoms. The fraction of sp³-hybridized carbons (Fsp3) is 0.0556. The van der Waals surface area contributed by atoms with Crippen LogP contribution in [0.25, 0.3) is 0 Å². The number of anilines is 2. The van der Waals surface area contributed by atoms with E-state index < -0.39 is 5.91 Å². The van der Waals surface area contributed by atoms with E-state index >= 15 is 0 Å². The van der Waals surface area contributed by atoms with Crippen molar-refractivity contribution in [2.24, 2.45) is 0 Å². The maximum Gasteiger partial charge on any atom is 0.294 e. The summed E-state index contributed by atoms with van der Waals surface area (Å²) in [4.78, 5) is 24.6. The molecule has 0 aliphatic rings. The van der Waals surface area contributed by atoms with Gasteiger partial charge < -0.3 is 15.2 Å². The van der Waals surface area contributed by atoms with Gasteiger partial charge in [-0.15, -0.1) is 0 Å². The van der Waals surface area contributed by atoms with Gasteiger partial charge in [0.25, 0.3) is 11.8 Å². The molecule has 0 atom stereocenters. The zero-order valence-electron chi connectivity index (χ0n) is 12.9. The highest BCUT2D eigenvalue weighted by Crippen LogP contribution is 2.18. The minimum atomic E-state index is -0.462. The number of hydrogen-bond donors (Lipinski definition) is 2. The predicted molar refractivity (Wildman–Crippen MR) is 90.0 cm³/mol. The van der Waals surface area contributed by atoms with Crippen molar-refractivity contribution in [3.63, 3.8) is 0 Å². The Morgan fingerprint density at radius 2 is 1.62 bits per heavy atom. The molecule has 1 heterocycles. The van der Waals surface area contributed by atoms with Crippen molar-refractivity contribution in [2.45, 2.75) is 6.92 Å². The summed E-state index contributed by atoms with van der Waals surface area (Å²) in [5.41, 5.74) is 2.03. The molecule has 0 unspecified atom stereocenters. The molecule has 3 rings (SSSR count). The third-order valence-corrected chi connectivity index (χ3v) is 3.30. The van der Waals surface area contributed by atoms with Gasteiger partial charge in [0.05, 0.1) is 16.9 Å². The molecule has 0 saturated heterocycles. The second kappa shape index (κ2) is 6.78. The van der Waals surface area contributed by atoms with E-state index in [-0.39, 0.29) is 11.7 Å². The molecule has 24 heavy (non-hydrogen) atoms. The quantitative estimate of drug-likeness (QED) is 0.770. The minimum absolute atomic E-state index is 0.0887. The molecule has 0 aliphatic carbocycles. The third-order valence-electron chi connectivity index (χ3n) is 3.30. The first-order valence-corrected chi connectivity index (χ1v) is 7.33. The van der Waals surface area contributed by atoms with Gasteiger partial charge in [-0.05, 0) is 31.2 Å². The molecule has 0 aliphatic heterocycles. The number of benzene rings is 2. The normalized spacial score (nSPS) is 10.2. The van der Waals surface area contributed by atoms with Gasteiger partial charge in [0.15, 0.2) is 0 Å². The molecule has 0 spiro atoms. The molecule has 0 saturated carbocycles. The fourth-order valence-corrected chi connectivity index (χ4v) is 2.16. The van der Waals surface area contributed by atoms with Crippen molar-refractivity contribution < 1.29 is 14.1 Å². The first-order chi connectivity index (χ1) is 11.6. The monoisotopic (exact) mass is 321 g/mol. The predicted octanol–water partition coefficient (Wildman–Crippen LogP) is 3.49. The van der Waals surface area contributed by atoms with Crippen LogP contribution in [0.3, 0.4) is 0 Å². The topological polar surface area (TPSA) is 84.2 Å². The molecule has 0 bridgehead atoms. The van der Waals surface area contributed by atoms with Crippen molar-refractivity contribution in [2.75, 3.05) is 10.6 Å². The van der Waals surface area contributed by atoms with Crippen LogP contribution < -0.4 is 10.6 Å². The lowest BCUT2D eigenvalue weighted by atomic mass is 10.1. The van der Waals surface area contributed by atoms with Crippen LogP contribution in [-0.4, -0.2) is 17.0 Å². The van der Waals surface area contributed by atoms with Crippen LogP contribution in [0.1, 0.15) is 26.6 Å². The number of nitrogens with one attached hydrogen (secondary N) is 2. The van der Waals surface area contributed by atoms with Crippen molar-refractivity contribution in [1.82, 2.24) is 5.16 Å². The summed E-state index contributed by atoms with van der Waals surface area (Å²) in [5, 5.41) is 9.14. The first kappa shape index (κ1) is 15.5. The summed E-state index contributed by atoms with van der Waals surface area (Å²) in [6.45, 7) is 1.72. The standard InChI is InChI=1S/C18H15N3O3/c1-12-11-16(24-21-12)18(23)20-15-10-6-5-9-14(15)17(22)19-13-7-3-2-4-8-13/h2-11H,1H3,(H,19,22)(H,20,23). The van der Waals surface area contributed by atoms with Crippen LogP contribution in [0, 0.1) is 6.92 Å². The van der Waals surface area contributed by atoms with Gasteiger partial charge in [-0.1, -0.05) is 35.5 Å². The summed E-state index contributed by atoms with van der Waals surface area (Å²) < 4.78 is 4.93. The number of rotatable bonds is 4. The molecule has 0 radical (unpaired) electrons. The van der Waals surface area contributed by atoms with E-state index in [1.165, 1.54) is 6.07 Å². The summed E-state index contributed by atoms with van der Waals surface area (Å²) in [6, 6.07) is 17.4. The third kappa shape index (κ3) is 3.49. The van der Waals surface area contributed by atoms with Crippen LogP contribution in [0.2, 0.25) is 0 Å². The Labute approximate surface area is 138 Å². The van der Waals surface area contributed by atoms with Gasteiger partial charge in [0, 0.05) is 11.8 Å². The molecule has 1 aromatic heterocycles. The Kier molecular flexibility index (Phi) is 4.38. The maximum atomic E-state index is 12.5. The van der Waals surface area contributed by atoms with Gasteiger partial charge in [0.2, 0.25) is 5.76 Å². The number of carbonyl (C=O) groups is 2. The molecule has 2 N–H and O–H groups in total. The summed E-state index contributed by atoms with van der Waals surface area (Å²) >= 11 is 0. The number of aryl methyl sites for hydroxylation is 1. The van der Waals surface area contributed by atoms with E-state index in [0.29, 0.717) is 22.6 Å². The maximum absolute atomic E-state index is 12.5. The molecular weight excluding hydrogens is 306 g/mol. The molecule has 120 valence electrons. The van der Waals surface area contributed by atoms with Crippen LogP contribution in [0.5, 0.6) is 0 Å². The second-order valence-electron chi connectivity index (χ2n) is 5.15. The van der Waals surface area contributed by atoms with Crippen molar-refractivity contribution >= 4 is 23.2 Å². The molecule has 2 amide bonds. The highest BCUT2D eigenvalue weighted by Gasteiger charge is 2.16. The van der Waals surface area contributed by atoms with Crippen LogP contribution >= 0.6 is 0 Å². The van der Waals surface area contributed by atoms with Crippen LogP contribution in [0.4, 0.5) is 11.4 Å². The average Bonchev–Trinajstić information content (AvgIpc) is 3.03. The lowest BCUT2D eigenvalue weighted by Crippen LogP contribution is -2.18. The number of carbonyl (C=O) groups excluding carboxylic acids is 2. The van der Waals surface area contributed by atoms with Gasteiger partial charge >= 0.3 is 0 Å². The molecule has 2 aromatic carbocycles. The van der Waals surface area contributed by atoms with Gasteiger partial charge in [-0.2, -0.15) is 0 Å². The van der Waals surface area contributed by atoms with E-state index in [2.05, 4.69) is 15.8 Å². The number of hydrogen-bond acceptors (Lipinski definition) is 4. The Bertz CT molecular complexity index is 872. The highest BCUT2D eigenvalue weighted by molar-refractivity contribution is 6.11. The van der Waals surface area contributed by atoms with Crippen molar-refractivity contribution in [1.29, 1.82) is 0 Å².